The molecule has 2 rings (SSSR count). The third kappa shape index (κ3) is 4.24. The van der Waals surface area contributed by atoms with Crippen molar-refractivity contribution < 1.29 is 0 Å². The number of unbranched alkanes of at least 4 members (excludes halogenated alkanes) is 1. The second kappa shape index (κ2) is 7.54. The Hall–Kier alpha value is -1.02. The zero-order valence-electron chi connectivity index (χ0n) is 12.5. The lowest BCUT2D eigenvalue weighted by molar-refractivity contribution is 0.525. The maximum Gasteiger partial charge on any atom is 0.0398 e. The van der Waals surface area contributed by atoms with Crippen molar-refractivity contribution >= 4 is 5.69 Å². The fourth-order valence-corrected chi connectivity index (χ4v) is 2.90. The molecular weight excluding hydrogens is 232 g/mol. The quantitative estimate of drug-likeness (QED) is 0.786. The van der Waals surface area contributed by atoms with E-state index >= 15 is 0 Å². The molecule has 1 atom stereocenters. The van der Waals surface area contributed by atoms with Crippen molar-refractivity contribution in [1.82, 2.24) is 5.32 Å². The number of rotatable bonds is 6. The van der Waals surface area contributed by atoms with Gasteiger partial charge in [-0.2, -0.15) is 0 Å². The smallest absolute Gasteiger partial charge is 0.0398 e. The van der Waals surface area contributed by atoms with E-state index in [4.69, 9.17) is 0 Å². The van der Waals surface area contributed by atoms with Crippen LogP contribution in [0.2, 0.25) is 0 Å². The lowest BCUT2D eigenvalue weighted by Crippen LogP contribution is -2.26. The molecule has 0 saturated heterocycles. The lowest BCUT2D eigenvalue weighted by atomic mass is 10.1. The molecule has 0 amide bonds. The van der Waals surface area contributed by atoms with Crippen LogP contribution in [0.25, 0.3) is 0 Å². The Balaban J connectivity index is 1.86. The molecule has 1 unspecified atom stereocenters. The molecule has 1 aliphatic rings. The number of hydrogen-bond donors (Lipinski definition) is 1. The van der Waals surface area contributed by atoms with E-state index in [9.17, 15) is 0 Å². The Labute approximate surface area is 118 Å². The summed E-state index contributed by atoms with van der Waals surface area (Å²) in [5.41, 5.74) is 3.03. The van der Waals surface area contributed by atoms with Crippen LogP contribution in [0.15, 0.2) is 24.3 Å². The first-order valence-corrected chi connectivity index (χ1v) is 7.81. The largest absolute Gasteiger partial charge is 0.371 e. The van der Waals surface area contributed by atoms with Crippen LogP contribution in [0.5, 0.6) is 0 Å². The van der Waals surface area contributed by atoms with Crippen LogP contribution in [-0.4, -0.2) is 26.2 Å². The van der Waals surface area contributed by atoms with E-state index in [0.29, 0.717) is 6.04 Å². The number of aryl methyl sites for hydroxylation is 1. The van der Waals surface area contributed by atoms with E-state index in [0.717, 1.165) is 0 Å². The van der Waals surface area contributed by atoms with Gasteiger partial charge < -0.3 is 10.2 Å². The van der Waals surface area contributed by atoms with Crippen molar-refractivity contribution in [3.05, 3.63) is 29.8 Å². The predicted octanol–water partition coefficient (Wildman–Crippen LogP) is 3.61. The minimum absolute atomic E-state index is 0.649. The molecule has 0 fully saturated rings. The minimum atomic E-state index is 0.649. The fourth-order valence-electron chi connectivity index (χ4n) is 2.90. The summed E-state index contributed by atoms with van der Waals surface area (Å²) in [7, 11) is 2.05. The standard InChI is InChI=1S/C17H28N2/c1-15(18-2)9-5-7-13-19-14-8-6-11-16-10-3-4-12-17(16)19/h3-4,10,12,15,18H,5-9,11,13-14H2,1-2H3. The summed E-state index contributed by atoms with van der Waals surface area (Å²) in [4.78, 5) is 2.60. The van der Waals surface area contributed by atoms with E-state index in [1.165, 1.54) is 57.3 Å². The van der Waals surface area contributed by atoms with Gasteiger partial charge in [0.2, 0.25) is 0 Å². The van der Waals surface area contributed by atoms with E-state index in [2.05, 4.69) is 48.5 Å². The molecule has 0 aliphatic carbocycles. The second-order valence-corrected chi connectivity index (χ2v) is 5.76. The summed E-state index contributed by atoms with van der Waals surface area (Å²) < 4.78 is 0. The number of nitrogens with zero attached hydrogens (tertiary/aromatic N) is 1. The molecule has 1 aromatic carbocycles. The van der Waals surface area contributed by atoms with Gasteiger partial charge in [-0.05, 0) is 57.7 Å². The second-order valence-electron chi connectivity index (χ2n) is 5.76. The summed E-state index contributed by atoms with van der Waals surface area (Å²) in [5, 5.41) is 3.32. The normalized spacial score (nSPS) is 16.8. The number of para-hydroxylation sites is 1. The molecule has 2 heteroatoms. The van der Waals surface area contributed by atoms with Crippen LogP contribution >= 0.6 is 0 Å². The first-order valence-electron chi connectivity index (χ1n) is 7.81. The Morgan fingerprint density at radius 1 is 1.21 bits per heavy atom. The molecule has 1 N–H and O–H groups in total. The van der Waals surface area contributed by atoms with E-state index in [1.807, 2.05) is 0 Å². The first-order chi connectivity index (χ1) is 9.31. The molecule has 1 aromatic rings. The van der Waals surface area contributed by atoms with Crippen LogP contribution in [0, 0.1) is 0 Å². The van der Waals surface area contributed by atoms with Crippen molar-refractivity contribution in [3.8, 4) is 0 Å². The highest BCUT2D eigenvalue weighted by atomic mass is 15.1. The number of hydrogen-bond acceptors (Lipinski definition) is 2. The highest BCUT2D eigenvalue weighted by Crippen LogP contribution is 2.26. The molecule has 0 radical (unpaired) electrons. The molecule has 0 spiro atoms. The van der Waals surface area contributed by atoms with Crippen molar-refractivity contribution in [3.63, 3.8) is 0 Å². The predicted molar refractivity (Wildman–Crippen MR) is 84.0 cm³/mol. The highest BCUT2D eigenvalue weighted by Gasteiger charge is 2.14. The molecule has 0 bridgehead atoms. The highest BCUT2D eigenvalue weighted by molar-refractivity contribution is 5.54. The summed E-state index contributed by atoms with van der Waals surface area (Å²) in [6.45, 7) is 4.72. The van der Waals surface area contributed by atoms with Gasteiger partial charge in [-0.25, -0.2) is 0 Å². The van der Waals surface area contributed by atoms with Gasteiger partial charge in [0.25, 0.3) is 0 Å². The lowest BCUT2D eigenvalue weighted by Gasteiger charge is -2.25. The van der Waals surface area contributed by atoms with Crippen molar-refractivity contribution in [2.24, 2.45) is 0 Å². The van der Waals surface area contributed by atoms with E-state index in [-0.39, 0.29) is 0 Å². The average Bonchev–Trinajstić information content (AvgIpc) is 2.66. The van der Waals surface area contributed by atoms with Crippen molar-refractivity contribution in [2.45, 2.75) is 51.5 Å². The van der Waals surface area contributed by atoms with Crippen molar-refractivity contribution in [2.75, 3.05) is 25.0 Å². The minimum Gasteiger partial charge on any atom is -0.371 e. The average molecular weight is 260 g/mol. The molecule has 0 saturated carbocycles. The molecule has 1 heterocycles. The van der Waals surface area contributed by atoms with Gasteiger partial charge >= 0.3 is 0 Å². The molecule has 106 valence electrons. The fraction of sp³-hybridized carbons (Fsp3) is 0.647. The maximum atomic E-state index is 3.32. The number of anilines is 1. The number of benzene rings is 1. The van der Waals surface area contributed by atoms with Crippen LogP contribution < -0.4 is 10.2 Å². The van der Waals surface area contributed by atoms with Crippen LogP contribution in [0.1, 0.15) is 44.6 Å². The Bertz CT molecular complexity index is 375. The summed E-state index contributed by atoms with van der Waals surface area (Å²) in [6.07, 6.45) is 7.84. The van der Waals surface area contributed by atoms with Gasteiger partial charge in [-0.3, -0.25) is 0 Å². The third-order valence-corrected chi connectivity index (χ3v) is 4.26. The molecule has 2 nitrogen and oxygen atoms in total. The zero-order valence-corrected chi connectivity index (χ0v) is 12.5. The molecule has 1 aliphatic heterocycles. The third-order valence-electron chi connectivity index (χ3n) is 4.26. The van der Waals surface area contributed by atoms with Gasteiger partial charge in [0.15, 0.2) is 0 Å². The van der Waals surface area contributed by atoms with Gasteiger partial charge in [-0.1, -0.05) is 24.6 Å². The van der Waals surface area contributed by atoms with Gasteiger partial charge in [0.1, 0.15) is 0 Å². The molecule has 19 heavy (non-hydrogen) atoms. The van der Waals surface area contributed by atoms with Gasteiger partial charge in [0, 0.05) is 24.8 Å². The van der Waals surface area contributed by atoms with Crippen molar-refractivity contribution in [1.29, 1.82) is 0 Å². The Morgan fingerprint density at radius 3 is 2.89 bits per heavy atom. The van der Waals surface area contributed by atoms with Crippen LogP contribution in [0.3, 0.4) is 0 Å². The Kier molecular flexibility index (Phi) is 5.71. The van der Waals surface area contributed by atoms with Gasteiger partial charge in [-0.15, -0.1) is 0 Å². The Morgan fingerprint density at radius 2 is 2.05 bits per heavy atom. The van der Waals surface area contributed by atoms with Gasteiger partial charge in [0.05, 0.1) is 0 Å². The summed E-state index contributed by atoms with van der Waals surface area (Å²) in [5.74, 6) is 0. The van der Waals surface area contributed by atoms with E-state index in [1.54, 1.807) is 5.56 Å². The number of fused-ring (bicyclic) bond motifs is 1. The SMILES string of the molecule is CNC(C)CCCCN1CCCCc2ccccc21. The zero-order chi connectivity index (χ0) is 13.5. The first kappa shape index (κ1) is 14.4. The number of nitrogens with one attached hydrogen (secondary N) is 1. The van der Waals surface area contributed by atoms with Crippen LogP contribution in [-0.2, 0) is 6.42 Å². The van der Waals surface area contributed by atoms with Crippen LogP contribution in [0.4, 0.5) is 5.69 Å². The molecule has 0 aromatic heterocycles. The molecular formula is C17H28N2. The maximum absolute atomic E-state index is 3.32. The van der Waals surface area contributed by atoms with E-state index < -0.39 is 0 Å². The summed E-state index contributed by atoms with van der Waals surface area (Å²) >= 11 is 0. The summed E-state index contributed by atoms with van der Waals surface area (Å²) in [6, 6.07) is 9.61. The topological polar surface area (TPSA) is 15.3 Å². The monoisotopic (exact) mass is 260 g/mol.